The first-order valence-corrected chi connectivity index (χ1v) is 13.3. The molecule has 9 heteroatoms. The SMILES string of the molecule is CC(C)[C@H]([AsH]C(=O)[C@H](C)N)C(=O)NC[C@H](O)CC(C1CCCCC1)[P+](=O)O. The Morgan fingerprint density at radius 2 is 1.81 bits per heavy atom. The van der Waals surface area contributed by atoms with Crippen molar-refractivity contribution in [1.29, 1.82) is 0 Å². The van der Waals surface area contributed by atoms with Crippen molar-refractivity contribution in [3.8, 4) is 0 Å². The molecule has 1 saturated carbocycles. The molecule has 3 unspecified atom stereocenters. The molecule has 0 aromatic heterocycles. The molecule has 0 spiro atoms. The van der Waals surface area contributed by atoms with E-state index in [9.17, 15) is 24.2 Å². The van der Waals surface area contributed by atoms with Crippen LogP contribution in [0.1, 0.15) is 59.3 Å². The first-order valence-electron chi connectivity index (χ1n) is 9.80. The molecule has 27 heavy (non-hydrogen) atoms. The van der Waals surface area contributed by atoms with Gasteiger partial charge in [-0.05, 0) is 0 Å². The third-order valence-electron chi connectivity index (χ3n) is 5.16. The molecule has 0 aromatic rings. The number of hydrogen-bond donors (Lipinski definition) is 4. The molecule has 5 N–H and O–H groups in total. The van der Waals surface area contributed by atoms with Gasteiger partial charge in [-0.3, -0.25) is 0 Å². The first-order chi connectivity index (χ1) is 12.6. The molecule has 0 saturated heterocycles. The van der Waals surface area contributed by atoms with Crippen molar-refractivity contribution in [2.45, 2.75) is 81.8 Å². The zero-order valence-electron chi connectivity index (χ0n) is 16.6. The van der Waals surface area contributed by atoms with Crippen molar-refractivity contribution >= 4 is 34.3 Å². The summed E-state index contributed by atoms with van der Waals surface area (Å²) in [6, 6.07) is -0.554. The van der Waals surface area contributed by atoms with Gasteiger partial charge in [0.15, 0.2) is 0 Å². The van der Waals surface area contributed by atoms with E-state index in [1.807, 2.05) is 13.8 Å². The molecule has 1 rings (SSSR count). The second kappa shape index (κ2) is 12.3. The Bertz CT molecular complexity index is 512. The molecule has 6 atom stereocenters. The summed E-state index contributed by atoms with van der Waals surface area (Å²) in [6.45, 7) is 5.46. The van der Waals surface area contributed by atoms with Crippen LogP contribution < -0.4 is 11.1 Å². The Morgan fingerprint density at radius 3 is 2.30 bits per heavy atom. The summed E-state index contributed by atoms with van der Waals surface area (Å²) < 4.78 is 11.3. The van der Waals surface area contributed by atoms with Crippen molar-refractivity contribution in [2.24, 2.45) is 17.6 Å². The van der Waals surface area contributed by atoms with Gasteiger partial charge in [0.05, 0.1) is 0 Å². The predicted octanol–water partition coefficient (Wildman–Crippen LogP) is 1.29. The van der Waals surface area contributed by atoms with Crippen LogP contribution in [0.2, 0.25) is 4.71 Å². The maximum absolute atomic E-state index is 12.5. The Hall–Kier alpha value is -0.322. The Labute approximate surface area is 169 Å². The van der Waals surface area contributed by atoms with Crippen LogP contribution in [0.15, 0.2) is 0 Å². The number of nitrogens with two attached hydrogens (primary N) is 1. The van der Waals surface area contributed by atoms with Crippen molar-refractivity contribution in [2.75, 3.05) is 6.54 Å². The number of aliphatic hydroxyl groups excluding tert-OH is 1. The molecule has 156 valence electrons. The zero-order valence-corrected chi connectivity index (χ0v) is 19.6. The van der Waals surface area contributed by atoms with Gasteiger partial charge in [-0.15, -0.1) is 0 Å². The van der Waals surface area contributed by atoms with Gasteiger partial charge in [0.25, 0.3) is 0 Å². The molecule has 1 fully saturated rings. The standard InChI is InChI=1S/C18H34AsN2O5P/c1-11(2)16(19-17(23)12(3)20)18(24)21-10-14(22)9-15(27(25)26)13-7-5-4-6-8-13/h11-16,19,22H,4-10,20H2,1-3H3,(H-,21,24,25,26)/p+1/t12-,14+,15?,16-/m0/s1. The monoisotopic (exact) mass is 465 g/mol. The van der Waals surface area contributed by atoms with Crippen LogP contribution in [0.3, 0.4) is 0 Å². The van der Waals surface area contributed by atoms with Crippen molar-refractivity contribution in [3.63, 3.8) is 0 Å². The van der Waals surface area contributed by atoms with Crippen LogP contribution >= 0.6 is 8.03 Å². The number of carbonyl (C=O) groups is 2. The van der Waals surface area contributed by atoms with E-state index in [4.69, 9.17) is 5.73 Å². The summed E-state index contributed by atoms with van der Waals surface area (Å²) in [5.74, 6) is -0.0520. The molecular formula is C18H35AsN2O5P+. The van der Waals surface area contributed by atoms with Crippen LogP contribution in [-0.4, -0.2) is 60.6 Å². The van der Waals surface area contributed by atoms with E-state index in [0.29, 0.717) is 0 Å². The predicted molar refractivity (Wildman–Crippen MR) is 108 cm³/mol. The minimum atomic E-state index is -2.36. The molecule has 1 amide bonds. The van der Waals surface area contributed by atoms with Gasteiger partial charge in [-0.2, -0.15) is 0 Å². The molecule has 0 aliphatic heterocycles. The topological polar surface area (TPSA) is 130 Å². The van der Waals surface area contributed by atoms with Gasteiger partial charge in [0.2, 0.25) is 0 Å². The van der Waals surface area contributed by atoms with Gasteiger partial charge in [-0.1, -0.05) is 0 Å². The molecule has 7 nitrogen and oxygen atoms in total. The van der Waals surface area contributed by atoms with E-state index >= 15 is 0 Å². The van der Waals surface area contributed by atoms with Crippen LogP contribution in [-0.2, 0) is 14.2 Å². The molecule has 0 aromatic carbocycles. The fourth-order valence-corrected chi connectivity index (χ4v) is 6.96. The third-order valence-corrected chi connectivity index (χ3v) is 10.5. The number of nitrogens with one attached hydrogen (secondary N) is 1. The van der Waals surface area contributed by atoms with E-state index in [0.717, 1.165) is 32.1 Å². The number of carbonyl (C=O) groups excluding carboxylic acids is 2. The number of hydrogen-bond acceptors (Lipinski definition) is 5. The van der Waals surface area contributed by atoms with Crippen LogP contribution in [0.5, 0.6) is 0 Å². The fraction of sp³-hybridized carbons (Fsp3) is 0.889. The number of amides is 1. The molecule has 0 heterocycles. The summed E-state index contributed by atoms with van der Waals surface area (Å²) in [4.78, 5) is 34.1. The van der Waals surface area contributed by atoms with Crippen molar-refractivity contribution in [1.82, 2.24) is 5.32 Å². The average molecular weight is 465 g/mol. The normalized spacial score (nSPS) is 21.1. The van der Waals surface area contributed by atoms with Gasteiger partial charge >= 0.3 is 170 Å². The van der Waals surface area contributed by atoms with Gasteiger partial charge < -0.3 is 0 Å². The number of aliphatic hydroxyl groups is 1. The summed E-state index contributed by atoms with van der Waals surface area (Å²) in [5, 5.41) is 13.0. The van der Waals surface area contributed by atoms with Crippen molar-refractivity contribution < 1.29 is 24.2 Å². The van der Waals surface area contributed by atoms with Gasteiger partial charge in [-0.25, -0.2) is 0 Å². The summed E-state index contributed by atoms with van der Waals surface area (Å²) in [6.07, 6.45) is 4.46. The van der Waals surface area contributed by atoms with E-state index in [2.05, 4.69) is 5.32 Å². The first kappa shape index (κ1) is 24.7. The Morgan fingerprint density at radius 1 is 1.22 bits per heavy atom. The Balaban J connectivity index is 2.56. The summed E-state index contributed by atoms with van der Waals surface area (Å²) in [5.41, 5.74) is 5.19. The van der Waals surface area contributed by atoms with E-state index in [1.165, 1.54) is 0 Å². The van der Waals surface area contributed by atoms with E-state index < -0.39 is 41.6 Å². The quantitative estimate of drug-likeness (QED) is 0.269. The van der Waals surface area contributed by atoms with Gasteiger partial charge in [0.1, 0.15) is 0 Å². The van der Waals surface area contributed by atoms with Gasteiger partial charge in [0, 0.05) is 0 Å². The second-order valence-electron chi connectivity index (χ2n) is 7.92. The summed E-state index contributed by atoms with van der Waals surface area (Å²) >= 11 is -1.19. The third kappa shape index (κ3) is 8.70. The minimum absolute atomic E-state index is 0.0201. The average Bonchev–Trinajstić information content (AvgIpc) is 2.61. The second-order valence-corrected chi connectivity index (χ2v) is 12.1. The molecule has 0 radical (unpaired) electrons. The maximum atomic E-state index is 12.5. The molecule has 0 bridgehead atoms. The Kier molecular flexibility index (Phi) is 11.2. The number of rotatable bonds is 11. The summed E-state index contributed by atoms with van der Waals surface area (Å²) in [7, 11) is -2.36. The van der Waals surface area contributed by atoms with E-state index in [-0.39, 0.29) is 40.0 Å². The van der Waals surface area contributed by atoms with Crippen LogP contribution in [0.25, 0.3) is 0 Å². The zero-order chi connectivity index (χ0) is 20.6. The van der Waals surface area contributed by atoms with E-state index in [1.54, 1.807) is 6.92 Å². The van der Waals surface area contributed by atoms with Crippen molar-refractivity contribution in [3.05, 3.63) is 0 Å². The molecular weight excluding hydrogens is 430 g/mol. The molecule has 1 aliphatic rings. The van der Waals surface area contributed by atoms with Crippen LogP contribution in [0.4, 0.5) is 0 Å². The molecule has 1 aliphatic carbocycles. The fourth-order valence-electron chi connectivity index (χ4n) is 3.49. The van der Waals surface area contributed by atoms with Crippen LogP contribution in [0, 0.1) is 11.8 Å².